The average molecular weight is 329 g/mol. The largest absolute Gasteiger partial charge is 0.326 e. The summed E-state index contributed by atoms with van der Waals surface area (Å²) >= 11 is 3.10. The Bertz CT molecular complexity index is 447. The quantitative estimate of drug-likeness (QED) is 0.888. The van der Waals surface area contributed by atoms with Crippen molar-refractivity contribution >= 4 is 27.5 Å². The van der Waals surface area contributed by atoms with Gasteiger partial charge in [0.15, 0.2) is 0 Å². The number of rotatable bonds is 4. The first-order chi connectivity index (χ1) is 9.15. The van der Waals surface area contributed by atoms with Crippen LogP contribution in [0.25, 0.3) is 0 Å². The maximum atomic E-state index is 13.1. The van der Waals surface area contributed by atoms with Gasteiger partial charge in [-0.2, -0.15) is 0 Å². The van der Waals surface area contributed by atoms with E-state index >= 15 is 0 Å². The minimum atomic E-state index is -0.329. The molecule has 1 aliphatic rings. The third kappa shape index (κ3) is 4.58. The molecule has 1 fully saturated rings. The molecule has 0 radical (unpaired) electrons. The number of nitrogens with one attached hydrogen (secondary N) is 2. The summed E-state index contributed by atoms with van der Waals surface area (Å²) < 4.78 is 13.4. The van der Waals surface area contributed by atoms with Gasteiger partial charge < -0.3 is 10.6 Å². The molecule has 0 aliphatic carbocycles. The number of anilines is 1. The van der Waals surface area contributed by atoms with Crippen molar-refractivity contribution in [2.24, 2.45) is 0 Å². The summed E-state index contributed by atoms with van der Waals surface area (Å²) in [5, 5.41) is 6.20. The number of carbonyl (C=O) groups is 1. The van der Waals surface area contributed by atoms with Gasteiger partial charge in [-0.15, -0.1) is 0 Å². The minimum absolute atomic E-state index is 0.0223. The maximum absolute atomic E-state index is 13.1. The fourth-order valence-corrected chi connectivity index (χ4v) is 2.65. The summed E-state index contributed by atoms with van der Waals surface area (Å²) in [5.41, 5.74) is 0.620. The van der Waals surface area contributed by atoms with E-state index in [1.165, 1.54) is 18.9 Å². The molecule has 0 spiro atoms. The van der Waals surface area contributed by atoms with E-state index in [-0.39, 0.29) is 11.7 Å². The second kappa shape index (κ2) is 7.01. The van der Waals surface area contributed by atoms with Crippen LogP contribution in [0.4, 0.5) is 10.1 Å². The van der Waals surface area contributed by atoms with Gasteiger partial charge in [0.2, 0.25) is 5.91 Å². The van der Waals surface area contributed by atoms with Crippen LogP contribution in [-0.4, -0.2) is 18.5 Å². The Balaban J connectivity index is 1.78. The van der Waals surface area contributed by atoms with Gasteiger partial charge >= 0.3 is 0 Å². The molecule has 1 saturated heterocycles. The van der Waals surface area contributed by atoms with Gasteiger partial charge in [0.1, 0.15) is 5.82 Å². The highest BCUT2D eigenvalue weighted by Crippen LogP contribution is 2.20. The highest BCUT2D eigenvalue weighted by atomic mass is 79.9. The van der Waals surface area contributed by atoms with E-state index in [1.54, 1.807) is 12.1 Å². The van der Waals surface area contributed by atoms with Crippen molar-refractivity contribution in [2.75, 3.05) is 11.9 Å². The van der Waals surface area contributed by atoms with Crippen LogP contribution in [0, 0.1) is 5.82 Å². The Morgan fingerprint density at radius 2 is 2.32 bits per heavy atom. The highest BCUT2D eigenvalue weighted by molar-refractivity contribution is 9.10. The van der Waals surface area contributed by atoms with Crippen molar-refractivity contribution in [1.82, 2.24) is 5.32 Å². The van der Waals surface area contributed by atoms with Crippen molar-refractivity contribution in [1.29, 1.82) is 0 Å². The van der Waals surface area contributed by atoms with Gasteiger partial charge in [-0.05, 0) is 59.9 Å². The molecular weight excluding hydrogens is 311 g/mol. The molecule has 0 aromatic heterocycles. The number of halogens is 2. The number of piperidine rings is 1. The first-order valence-corrected chi connectivity index (χ1v) is 7.43. The van der Waals surface area contributed by atoms with Crippen molar-refractivity contribution < 1.29 is 9.18 Å². The molecule has 0 saturated carbocycles. The lowest BCUT2D eigenvalue weighted by atomic mass is 10.0. The average Bonchev–Trinajstić information content (AvgIpc) is 2.42. The molecular formula is C14H18BrFN2O. The number of carbonyl (C=O) groups excluding carboxylic acids is 1. The van der Waals surface area contributed by atoms with Gasteiger partial charge in [0.25, 0.3) is 0 Å². The Kier molecular flexibility index (Phi) is 5.34. The molecule has 1 aromatic rings. The van der Waals surface area contributed by atoms with E-state index in [1.807, 2.05) is 0 Å². The predicted octanol–water partition coefficient (Wildman–Crippen LogP) is 3.45. The first kappa shape index (κ1) is 14.5. The summed E-state index contributed by atoms with van der Waals surface area (Å²) in [7, 11) is 0. The lowest BCUT2D eigenvalue weighted by molar-refractivity contribution is -0.116. The molecule has 0 bridgehead atoms. The lowest BCUT2D eigenvalue weighted by Gasteiger charge is -2.23. The van der Waals surface area contributed by atoms with Crippen LogP contribution in [0.2, 0.25) is 0 Å². The normalized spacial score (nSPS) is 19.2. The van der Waals surface area contributed by atoms with Gasteiger partial charge in [0.05, 0.1) is 4.47 Å². The van der Waals surface area contributed by atoms with Crippen LogP contribution in [-0.2, 0) is 4.79 Å². The molecule has 1 amide bonds. The molecule has 1 aromatic carbocycles. The third-order valence-electron chi connectivity index (χ3n) is 3.34. The van der Waals surface area contributed by atoms with Gasteiger partial charge in [-0.25, -0.2) is 4.39 Å². The minimum Gasteiger partial charge on any atom is -0.326 e. The zero-order chi connectivity index (χ0) is 13.7. The predicted molar refractivity (Wildman–Crippen MR) is 77.6 cm³/mol. The van der Waals surface area contributed by atoms with Crippen LogP contribution in [0.5, 0.6) is 0 Å². The van der Waals surface area contributed by atoms with Crippen LogP contribution in [0.15, 0.2) is 22.7 Å². The van der Waals surface area contributed by atoms with Crippen molar-refractivity contribution in [3.63, 3.8) is 0 Å². The van der Waals surface area contributed by atoms with Crippen molar-refractivity contribution in [3.8, 4) is 0 Å². The first-order valence-electron chi connectivity index (χ1n) is 6.63. The molecule has 3 nitrogen and oxygen atoms in total. The molecule has 19 heavy (non-hydrogen) atoms. The van der Waals surface area contributed by atoms with Crippen LogP contribution in [0.1, 0.15) is 32.1 Å². The molecule has 1 atom stereocenters. The zero-order valence-electron chi connectivity index (χ0n) is 10.7. The Morgan fingerprint density at radius 1 is 1.47 bits per heavy atom. The number of hydrogen-bond acceptors (Lipinski definition) is 2. The fraction of sp³-hybridized carbons (Fsp3) is 0.500. The Labute approximate surface area is 121 Å². The van der Waals surface area contributed by atoms with Gasteiger partial charge in [0, 0.05) is 18.2 Å². The van der Waals surface area contributed by atoms with E-state index < -0.39 is 0 Å². The third-order valence-corrected chi connectivity index (χ3v) is 3.94. The number of benzene rings is 1. The Hall–Kier alpha value is -0.940. The SMILES string of the molecule is O=C(CCC1CCCCN1)Nc1ccc(F)c(Br)c1. The number of hydrogen-bond donors (Lipinski definition) is 2. The van der Waals surface area contributed by atoms with E-state index in [0.717, 1.165) is 19.4 Å². The molecule has 2 rings (SSSR count). The number of amides is 1. The summed E-state index contributed by atoms with van der Waals surface area (Å²) in [5.74, 6) is -0.352. The smallest absolute Gasteiger partial charge is 0.224 e. The molecule has 1 unspecified atom stereocenters. The second-order valence-corrected chi connectivity index (χ2v) is 5.72. The summed E-state index contributed by atoms with van der Waals surface area (Å²) in [6.45, 7) is 1.05. The summed E-state index contributed by atoms with van der Waals surface area (Å²) in [4.78, 5) is 11.8. The van der Waals surface area contributed by atoms with Crippen molar-refractivity contribution in [3.05, 3.63) is 28.5 Å². The monoisotopic (exact) mass is 328 g/mol. The van der Waals surface area contributed by atoms with Crippen LogP contribution < -0.4 is 10.6 Å². The lowest BCUT2D eigenvalue weighted by Crippen LogP contribution is -2.34. The molecule has 1 aliphatic heterocycles. The summed E-state index contributed by atoms with van der Waals surface area (Å²) in [6.07, 6.45) is 4.97. The van der Waals surface area contributed by atoms with E-state index in [2.05, 4.69) is 26.6 Å². The summed E-state index contributed by atoms with van der Waals surface area (Å²) in [6, 6.07) is 4.94. The highest BCUT2D eigenvalue weighted by Gasteiger charge is 2.14. The van der Waals surface area contributed by atoms with E-state index in [0.29, 0.717) is 22.6 Å². The Morgan fingerprint density at radius 3 is 3.00 bits per heavy atom. The molecule has 2 N–H and O–H groups in total. The van der Waals surface area contributed by atoms with Crippen molar-refractivity contribution in [2.45, 2.75) is 38.1 Å². The van der Waals surface area contributed by atoms with Crippen LogP contribution in [0.3, 0.4) is 0 Å². The van der Waals surface area contributed by atoms with Gasteiger partial charge in [-0.1, -0.05) is 6.42 Å². The molecule has 5 heteroatoms. The van der Waals surface area contributed by atoms with E-state index in [4.69, 9.17) is 0 Å². The van der Waals surface area contributed by atoms with Gasteiger partial charge in [-0.3, -0.25) is 4.79 Å². The fourth-order valence-electron chi connectivity index (χ4n) is 2.27. The molecule has 104 valence electrons. The van der Waals surface area contributed by atoms with Crippen LogP contribution >= 0.6 is 15.9 Å². The standard InChI is InChI=1S/C14H18BrFN2O/c15-12-9-11(4-6-13(12)16)18-14(19)7-5-10-3-1-2-8-17-10/h4,6,9-10,17H,1-3,5,7-8H2,(H,18,19). The van der Waals surface area contributed by atoms with E-state index in [9.17, 15) is 9.18 Å². The molecule has 1 heterocycles. The maximum Gasteiger partial charge on any atom is 0.224 e. The topological polar surface area (TPSA) is 41.1 Å². The second-order valence-electron chi connectivity index (χ2n) is 4.86. The zero-order valence-corrected chi connectivity index (χ0v) is 12.3.